The minimum atomic E-state index is -0.0990. The number of hydrogen-bond acceptors (Lipinski definition) is 3. The number of para-hydroxylation sites is 1. The first-order valence-corrected chi connectivity index (χ1v) is 8.37. The number of nitrogens with zero attached hydrogens (tertiary/aromatic N) is 1. The monoisotopic (exact) mass is 320 g/mol. The van der Waals surface area contributed by atoms with Crippen LogP contribution in [0.1, 0.15) is 44.7 Å². The van der Waals surface area contributed by atoms with Crippen LogP contribution in [0.15, 0.2) is 24.3 Å². The molecule has 5 heteroatoms. The zero-order chi connectivity index (χ0) is 16.8. The molecule has 2 atom stereocenters. The van der Waals surface area contributed by atoms with Crippen molar-refractivity contribution < 1.29 is 14.6 Å². The van der Waals surface area contributed by atoms with E-state index in [0.29, 0.717) is 12.5 Å². The van der Waals surface area contributed by atoms with E-state index in [1.54, 1.807) is 12.0 Å². The fraction of sp³-hybridized carbons (Fsp3) is 0.611. The highest BCUT2D eigenvalue weighted by atomic mass is 16.5. The third-order valence-electron chi connectivity index (χ3n) is 4.37. The van der Waals surface area contributed by atoms with E-state index >= 15 is 0 Å². The number of carbonyl (C=O) groups is 1. The van der Waals surface area contributed by atoms with Gasteiger partial charge in [0.2, 0.25) is 0 Å². The summed E-state index contributed by atoms with van der Waals surface area (Å²) in [6.45, 7) is 5.01. The number of nitrogens with one attached hydrogen (secondary N) is 1. The zero-order valence-corrected chi connectivity index (χ0v) is 14.3. The second kappa shape index (κ2) is 8.20. The Balaban J connectivity index is 2.17. The summed E-state index contributed by atoms with van der Waals surface area (Å²) >= 11 is 0. The van der Waals surface area contributed by atoms with Gasteiger partial charge in [-0.05, 0) is 31.2 Å². The smallest absolute Gasteiger partial charge is 0.318 e. The molecule has 0 saturated carbocycles. The number of aliphatic hydroxyl groups excluding tert-OH is 1. The van der Waals surface area contributed by atoms with Crippen LogP contribution in [0.5, 0.6) is 5.75 Å². The molecule has 1 aliphatic rings. The van der Waals surface area contributed by atoms with E-state index in [2.05, 4.69) is 19.2 Å². The molecule has 2 N–H and O–H groups in total. The zero-order valence-electron chi connectivity index (χ0n) is 14.3. The predicted molar refractivity (Wildman–Crippen MR) is 90.5 cm³/mol. The van der Waals surface area contributed by atoms with Crippen LogP contribution in [0.2, 0.25) is 0 Å². The van der Waals surface area contributed by atoms with Crippen LogP contribution < -0.4 is 10.1 Å². The van der Waals surface area contributed by atoms with Crippen molar-refractivity contribution in [2.45, 2.75) is 45.2 Å². The van der Waals surface area contributed by atoms with Gasteiger partial charge in [0, 0.05) is 12.1 Å². The highest BCUT2D eigenvalue weighted by molar-refractivity contribution is 5.75. The van der Waals surface area contributed by atoms with E-state index < -0.39 is 0 Å². The van der Waals surface area contributed by atoms with E-state index in [1.807, 2.05) is 24.3 Å². The van der Waals surface area contributed by atoms with Gasteiger partial charge in [0.05, 0.1) is 25.8 Å². The summed E-state index contributed by atoms with van der Waals surface area (Å²) in [6.07, 6.45) is 2.65. The van der Waals surface area contributed by atoms with Gasteiger partial charge in [0.15, 0.2) is 0 Å². The molecule has 1 saturated heterocycles. The first kappa shape index (κ1) is 17.6. The Morgan fingerprint density at radius 1 is 1.43 bits per heavy atom. The maximum atomic E-state index is 12.6. The molecule has 0 aliphatic carbocycles. The molecule has 0 spiro atoms. The summed E-state index contributed by atoms with van der Waals surface area (Å²) in [6, 6.07) is 7.55. The van der Waals surface area contributed by atoms with Gasteiger partial charge in [-0.25, -0.2) is 4.79 Å². The molecular formula is C18H28N2O3. The van der Waals surface area contributed by atoms with Gasteiger partial charge in [0.1, 0.15) is 5.75 Å². The first-order chi connectivity index (χ1) is 11.1. The van der Waals surface area contributed by atoms with Crippen LogP contribution in [0.3, 0.4) is 0 Å². The molecule has 1 heterocycles. The number of likely N-dealkylation sites (tertiary alicyclic amines) is 1. The largest absolute Gasteiger partial charge is 0.496 e. The minimum Gasteiger partial charge on any atom is -0.496 e. The second-order valence-electron chi connectivity index (χ2n) is 6.55. The summed E-state index contributed by atoms with van der Waals surface area (Å²) in [5.74, 6) is 1.23. The summed E-state index contributed by atoms with van der Waals surface area (Å²) in [5, 5.41) is 12.6. The lowest BCUT2D eigenvalue weighted by Crippen LogP contribution is -2.45. The summed E-state index contributed by atoms with van der Waals surface area (Å²) in [7, 11) is 1.65. The molecule has 1 aliphatic heterocycles. The lowest BCUT2D eigenvalue weighted by molar-refractivity contribution is 0.153. The summed E-state index contributed by atoms with van der Waals surface area (Å²) < 4.78 is 5.45. The van der Waals surface area contributed by atoms with Crippen molar-refractivity contribution >= 4 is 6.03 Å². The van der Waals surface area contributed by atoms with Crippen molar-refractivity contribution in [3.63, 3.8) is 0 Å². The van der Waals surface area contributed by atoms with E-state index in [0.717, 1.165) is 30.6 Å². The second-order valence-corrected chi connectivity index (χ2v) is 6.55. The molecule has 2 rings (SSSR count). The van der Waals surface area contributed by atoms with Gasteiger partial charge in [-0.3, -0.25) is 0 Å². The number of hydrogen-bond donors (Lipinski definition) is 2. The molecule has 5 nitrogen and oxygen atoms in total. The predicted octanol–water partition coefficient (Wildman–Crippen LogP) is 2.95. The molecule has 1 unspecified atom stereocenters. The molecule has 128 valence electrons. The van der Waals surface area contributed by atoms with Crippen LogP contribution in [0, 0.1) is 5.92 Å². The Hall–Kier alpha value is -1.75. The Kier molecular flexibility index (Phi) is 6.28. The number of benzene rings is 1. The van der Waals surface area contributed by atoms with Crippen molar-refractivity contribution in [2.75, 3.05) is 20.3 Å². The Morgan fingerprint density at radius 2 is 2.17 bits per heavy atom. The Bertz CT molecular complexity index is 519. The Morgan fingerprint density at radius 3 is 2.83 bits per heavy atom. The molecule has 1 aromatic carbocycles. The SMILES string of the molecule is COc1ccccc1C(CC(C)C)NC(=O)N1CCC[C@H]1CO. The maximum absolute atomic E-state index is 12.6. The number of aliphatic hydroxyl groups is 1. The molecule has 23 heavy (non-hydrogen) atoms. The number of carbonyl (C=O) groups excluding carboxylic acids is 1. The maximum Gasteiger partial charge on any atom is 0.318 e. The van der Waals surface area contributed by atoms with Crippen molar-refractivity contribution in [1.29, 1.82) is 0 Å². The highest BCUT2D eigenvalue weighted by Crippen LogP contribution is 2.30. The number of rotatable bonds is 6. The summed E-state index contributed by atoms with van der Waals surface area (Å²) in [4.78, 5) is 14.4. The van der Waals surface area contributed by atoms with Crippen LogP contribution >= 0.6 is 0 Å². The topological polar surface area (TPSA) is 61.8 Å². The third-order valence-corrected chi connectivity index (χ3v) is 4.37. The molecule has 2 amide bonds. The molecular weight excluding hydrogens is 292 g/mol. The van der Waals surface area contributed by atoms with Crippen LogP contribution in [-0.2, 0) is 0 Å². The van der Waals surface area contributed by atoms with Crippen LogP contribution in [0.4, 0.5) is 4.79 Å². The molecule has 1 fully saturated rings. The fourth-order valence-electron chi connectivity index (χ4n) is 3.21. The van der Waals surface area contributed by atoms with Crippen molar-refractivity contribution in [3.8, 4) is 5.75 Å². The number of urea groups is 1. The van der Waals surface area contributed by atoms with E-state index in [9.17, 15) is 9.90 Å². The lowest BCUT2D eigenvalue weighted by atomic mass is 9.96. The minimum absolute atomic E-state index is 0.0247. The van der Waals surface area contributed by atoms with Crippen molar-refractivity contribution in [2.24, 2.45) is 5.92 Å². The average Bonchev–Trinajstić information content (AvgIpc) is 3.02. The number of ether oxygens (including phenoxy) is 1. The van der Waals surface area contributed by atoms with E-state index in [-0.39, 0.29) is 24.7 Å². The van der Waals surface area contributed by atoms with E-state index in [1.165, 1.54) is 0 Å². The molecule has 0 aromatic heterocycles. The van der Waals surface area contributed by atoms with Gasteiger partial charge in [-0.2, -0.15) is 0 Å². The summed E-state index contributed by atoms with van der Waals surface area (Å²) in [5.41, 5.74) is 0.997. The van der Waals surface area contributed by atoms with Gasteiger partial charge in [-0.15, -0.1) is 0 Å². The standard InChI is InChI=1S/C18H28N2O3/c1-13(2)11-16(15-8-4-5-9-17(15)23-3)19-18(22)20-10-6-7-14(20)12-21/h4-5,8-9,13-14,16,21H,6-7,10-12H2,1-3H3,(H,19,22)/t14-,16?/m0/s1. The van der Waals surface area contributed by atoms with E-state index in [4.69, 9.17) is 4.74 Å². The third kappa shape index (κ3) is 4.38. The van der Waals surface area contributed by atoms with Gasteiger partial charge in [0.25, 0.3) is 0 Å². The van der Waals surface area contributed by atoms with Gasteiger partial charge < -0.3 is 20.1 Å². The van der Waals surface area contributed by atoms with Gasteiger partial charge >= 0.3 is 6.03 Å². The van der Waals surface area contributed by atoms with Crippen molar-refractivity contribution in [3.05, 3.63) is 29.8 Å². The normalized spacial score (nSPS) is 19.0. The number of methoxy groups -OCH3 is 1. The fourth-order valence-corrected chi connectivity index (χ4v) is 3.21. The average molecular weight is 320 g/mol. The number of amides is 2. The lowest BCUT2D eigenvalue weighted by Gasteiger charge is -2.28. The highest BCUT2D eigenvalue weighted by Gasteiger charge is 2.30. The molecule has 0 bridgehead atoms. The molecule has 0 radical (unpaired) electrons. The molecule has 1 aromatic rings. The first-order valence-electron chi connectivity index (χ1n) is 8.37. The Labute approximate surface area is 138 Å². The van der Waals surface area contributed by atoms with Crippen molar-refractivity contribution in [1.82, 2.24) is 10.2 Å². The van der Waals surface area contributed by atoms with Gasteiger partial charge in [-0.1, -0.05) is 32.0 Å². The van der Waals surface area contributed by atoms with Crippen LogP contribution in [0.25, 0.3) is 0 Å². The quantitative estimate of drug-likeness (QED) is 0.847. The van der Waals surface area contributed by atoms with Crippen LogP contribution in [-0.4, -0.2) is 42.3 Å².